The van der Waals surface area contributed by atoms with Crippen molar-refractivity contribution in [2.45, 2.75) is 12.5 Å². The Morgan fingerprint density at radius 3 is 2.78 bits per heavy atom. The van der Waals surface area contributed by atoms with Crippen LogP contribution in [-0.4, -0.2) is 39.7 Å². The van der Waals surface area contributed by atoms with Crippen LogP contribution < -0.4 is 10.6 Å². The SMILES string of the molecule is Cn1cc(C(=O)NC2CCNC2)c(-c2ccc([N+](=O)[O-])cc2)n1. The molecule has 1 aromatic heterocycles. The highest BCUT2D eigenvalue weighted by atomic mass is 16.6. The number of benzene rings is 1. The van der Waals surface area contributed by atoms with Crippen LogP contribution in [0.15, 0.2) is 30.5 Å². The maximum absolute atomic E-state index is 12.5. The largest absolute Gasteiger partial charge is 0.348 e. The Hall–Kier alpha value is -2.74. The molecule has 0 bridgehead atoms. The summed E-state index contributed by atoms with van der Waals surface area (Å²) in [6, 6.07) is 6.15. The number of nitrogens with one attached hydrogen (secondary N) is 2. The molecule has 1 aromatic carbocycles. The Labute approximate surface area is 132 Å². The van der Waals surface area contributed by atoms with E-state index in [1.807, 2.05) is 0 Å². The van der Waals surface area contributed by atoms with Crippen molar-refractivity contribution >= 4 is 11.6 Å². The monoisotopic (exact) mass is 315 g/mol. The number of aryl methyl sites for hydroxylation is 1. The maximum atomic E-state index is 12.5. The molecule has 120 valence electrons. The van der Waals surface area contributed by atoms with Gasteiger partial charge in [0, 0.05) is 43.5 Å². The number of non-ortho nitro benzene ring substituents is 1. The molecule has 0 spiro atoms. The van der Waals surface area contributed by atoms with Gasteiger partial charge in [-0.05, 0) is 25.1 Å². The van der Waals surface area contributed by atoms with Gasteiger partial charge >= 0.3 is 0 Å². The first-order valence-electron chi connectivity index (χ1n) is 7.34. The van der Waals surface area contributed by atoms with Crippen LogP contribution in [0.3, 0.4) is 0 Å². The second-order valence-electron chi connectivity index (χ2n) is 5.53. The third kappa shape index (κ3) is 3.21. The third-order valence-corrected chi connectivity index (χ3v) is 3.82. The number of nitro benzene ring substituents is 1. The van der Waals surface area contributed by atoms with Crippen molar-refractivity contribution in [3.8, 4) is 11.3 Å². The van der Waals surface area contributed by atoms with E-state index in [1.54, 1.807) is 30.1 Å². The molecule has 8 heteroatoms. The van der Waals surface area contributed by atoms with Crippen molar-refractivity contribution in [3.63, 3.8) is 0 Å². The topological polar surface area (TPSA) is 102 Å². The predicted molar refractivity (Wildman–Crippen MR) is 84.0 cm³/mol. The minimum absolute atomic E-state index is 0.00714. The maximum Gasteiger partial charge on any atom is 0.269 e. The molecule has 1 aliphatic rings. The molecule has 1 fully saturated rings. The fraction of sp³-hybridized carbons (Fsp3) is 0.333. The minimum atomic E-state index is -0.455. The van der Waals surface area contributed by atoms with Gasteiger partial charge in [-0.1, -0.05) is 0 Å². The third-order valence-electron chi connectivity index (χ3n) is 3.82. The van der Waals surface area contributed by atoms with Crippen molar-refractivity contribution in [1.29, 1.82) is 0 Å². The summed E-state index contributed by atoms with van der Waals surface area (Å²) in [5.41, 5.74) is 1.66. The second kappa shape index (κ2) is 6.17. The Balaban J connectivity index is 1.87. The molecule has 3 rings (SSSR count). The molecule has 8 nitrogen and oxygen atoms in total. The lowest BCUT2D eigenvalue weighted by molar-refractivity contribution is -0.384. The van der Waals surface area contributed by atoms with Crippen LogP contribution in [0, 0.1) is 10.1 Å². The van der Waals surface area contributed by atoms with Crippen LogP contribution in [0.25, 0.3) is 11.3 Å². The molecule has 23 heavy (non-hydrogen) atoms. The van der Waals surface area contributed by atoms with Gasteiger partial charge in [-0.3, -0.25) is 19.6 Å². The van der Waals surface area contributed by atoms with Crippen LogP contribution >= 0.6 is 0 Å². The molecule has 0 saturated carbocycles. The van der Waals surface area contributed by atoms with Crippen LogP contribution in [-0.2, 0) is 7.05 Å². The molecule has 1 amide bonds. The number of nitrogens with zero attached hydrogens (tertiary/aromatic N) is 3. The number of hydrogen-bond donors (Lipinski definition) is 2. The van der Waals surface area contributed by atoms with E-state index >= 15 is 0 Å². The Morgan fingerprint density at radius 2 is 2.17 bits per heavy atom. The summed E-state index contributed by atoms with van der Waals surface area (Å²) in [6.45, 7) is 1.66. The molecule has 1 atom stereocenters. The Bertz CT molecular complexity index is 732. The highest BCUT2D eigenvalue weighted by Crippen LogP contribution is 2.24. The first kappa shape index (κ1) is 15.2. The van der Waals surface area contributed by atoms with Gasteiger partial charge in [0.15, 0.2) is 0 Å². The fourth-order valence-corrected chi connectivity index (χ4v) is 2.65. The zero-order valence-corrected chi connectivity index (χ0v) is 12.7. The van der Waals surface area contributed by atoms with Gasteiger partial charge in [-0.15, -0.1) is 0 Å². The summed E-state index contributed by atoms with van der Waals surface area (Å²) in [7, 11) is 1.74. The number of amides is 1. The van der Waals surface area contributed by atoms with Gasteiger partial charge in [0.2, 0.25) is 0 Å². The number of nitro groups is 1. The Kier molecular flexibility index (Phi) is 4.07. The highest BCUT2D eigenvalue weighted by Gasteiger charge is 2.22. The molecule has 1 unspecified atom stereocenters. The van der Waals surface area contributed by atoms with Gasteiger partial charge in [0.1, 0.15) is 5.69 Å². The highest BCUT2D eigenvalue weighted by molar-refractivity contribution is 6.00. The zero-order valence-electron chi connectivity index (χ0n) is 12.7. The van der Waals surface area contributed by atoms with E-state index < -0.39 is 4.92 Å². The molecule has 0 aliphatic carbocycles. The summed E-state index contributed by atoms with van der Waals surface area (Å²) >= 11 is 0. The summed E-state index contributed by atoms with van der Waals surface area (Å²) in [6.07, 6.45) is 2.56. The van der Waals surface area contributed by atoms with Gasteiger partial charge < -0.3 is 10.6 Å². The van der Waals surface area contributed by atoms with E-state index in [1.165, 1.54) is 12.1 Å². The average molecular weight is 315 g/mol. The summed E-state index contributed by atoms with van der Waals surface area (Å²) in [5.74, 6) is -0.180. The summed E-state index contributed by atoms with van der Waals surface area (Å²) < 4.78 is 1.57. The van der Waals surface area contributed by atoms with E-state index in [0.717, 1.165) is 19.5 Å². The molecule has 2 heterocycles. The second-order valence-corrected chi connectivity index (χ2v) is 5.53. The molecular formula is C15H17N5O3. The lowest BCUT2D eigenvalue weighted by Crippen LogP contribution is -2.36. The van der Waals surface area contributed by atoms with Crippen LogP contribution in [0.2, 0.25) is 0 Å². The fourth-order valence-electron chi connectivity index (χ4n) is 2.65. The van der Waals surface area contributed by atoms with Gasteiger partial charge in [-0.2, -0.15) is 5.10 Å². The van der Waals surface area contributed by atoms with E-state index in [0.29, 0.717) is 16.8 Å². The Morgan fingerprint density at radius 1 is 1.43 bits per heavy atom. The van der Waals surface area contributed by atoms with E-state index in [4.69, 9.17) is 0 Å². The number of aromatic nitrogens is 2. The quantitative estimate of drug-likeness (QED) is 0.649. The van der Waals surface area contributed by atoms with E-state index in [-0.39, 0.29) is 17.6 Å². The average Bonchev–Trinajstić information content (AvgIpc) is 3.16. The van der Waals surface area contributed by atoms with Crippen molar-refractivity contribution in [2.75, 3.05) is 13.1 Å². The number of carbonyl (C=O) groups excluding carboxylic acids is 1. The van der Waals surface area contributed by atoms with Crippen molar-refractivity contribution in [2.24, 2.45) is 7.05 Å². The van der Waals surface area contributed by atoms with Crippen LogP contribution in [0.4, 0.5) is 5.69 Å². The molecule has 0 radical (unpaired) electrons. The van der Waals surface area contributed by atoms with Crippen LogP contribution in [0.1, 0.15) is 16.8 Å². The summed E-state index contributed by atoms with van der Waals surface area (Å²) in [4.78, 5) is 22.8. The van der Waals surface area contributed by atoms with E-state index in [2.05, 4.69) is 15.7 Å². The minimum Gasteiger partial charge on any atom is -0.348 e. The van der Waals surface area contributed by atoms with Gasteiger partial charge in [0.25, 0.3) is 11.6 Å². The molecule has 2 aromatic rings. The van der Waals surface area contributed by atoms with E-state index in [9.17, 15) is 14.9 Å². The van der Waals surface area contributed by atoms with Gasteiger partial charge in [-0.25, -0.2) is 0 Å². The molecule has 1 aliphatic heterocycles. The molecule has 2 N–H and O–H groups in total. The number of hydrogen-bond acceptors (Lipinski definition) is 5. The first-order chi connectivity index (χ1) is 11.0. The normalized spacial score (nSPS) is 17.2. The van der Waals surface area contributed by atoms with Crippen molar-refractivity contribution < 1.29 is 9.72 Å². The van der Waals surface area contributed by atoms with Crippen LogP contribution in [0.5, 0.6) is 0 Å². The smallest absolute Gasteiger partial charge is 0.269 e. The van der Waals surface area contributed by atoms with Crippen molar-refractivity contribution in [3.05, 3.63) is 46.1 Å². The number of carbonyl (C=O) groups is 1. The lowest BCUT2D eigenvalue weighted by Gasteiger charge is -2.11. The van der Waals surface area contributed by atoms with Crippen molar-refractivity contribution in [1.82, 2.24) is 20.4 Å². The lowest BCUT2D eigenvalue weighted by atomic mass is 10.1. The zero-order chi connectivity index (χ0) is 16.4. The molecular weight excluding hydrogens is 298 g/mol. The number of rotatable bonds is 4. The predicted octanol–water partition coefficient (Wildman–Crippen LogP) is 1.09. The molecule has 1 saturated heterocycles. The first-order valence-corrected chi connectivity index (χ1v) is 7.34. The summed E-state index contributed by atoms with van der Waals surface area (Å²) in [5, 5.41) is 21.2. The van der Waals surface area contributed by atoms with Gasteiger partial charge in [0.05, 0.1) is 10.5 Å². The standard InChI is InChI=1S/C15H17N5O3/c1-19-9-13(15(21)17-11-6-7-16-8-11)14(18-19)10-2-4-12(5-3-10)20(22)23/h2-5,9,11,16H,6-8H2,1H3,(H,17,21).